The second-order valence-electron chi connectivity index (χ2n) is 8.13. The molecule has 1 atom stereocenters. The van der Waals surface area contributed by atoms with Crippen molar-refractivity contribution in [1.29, 1.82) is 0 Å². The van der Waals surface area contributed by atoms with Gasteiger partial charge in [-0.25, -0.2) is 9.18 Å². The Bertz CT molecular complexity index is 1040. The number of halogens is 1. The molecular formula is C21H20FNO3. The normalized spacial score (nSPS) is 18.4. The number of benzene rings is 1. The molecule has 26 heavy (non-hydrogen) atoms. The summed E-state index contributed by atoms with van der Waals surface area (Å²) in [4.78, 5) is 23.8. The minimum Gasteiger partial charge on any atom is -0.477 e. The van der Waals surface area contributed by atoms with Crippen molar-refractivity contribution >= 4 is 17.1 Å². The maximum absolute atomic E-state index is 14.3. The number of fused-ring (bicyclic) bond motifs is 4. The van der Waals surface area contributed by atoms with Crippen LogP contribution in [-0.2, 0) is 6.42 Å². The highest BCUT2D eigenvalue weighted by molar-refractivity contribution is 5.98. The Labute approximate surface area is 150 Å². The average molecular weight is 353 g/mol. The van der Waals surface area contributed by atoms with Crippen molar-refractivity contribution in [2.24, 2.45) is 5.41 Å². The summed E-state index contributed by atoms with van der Waals surface area (Å²) in [5, 5.41) is 9.35. The second-order valence-corrected chi connectivity index (χ2v) is 8.13. The third-order valence-electron chi connectivity index (χ3n) is 5.51. The number of carbonyl (C=O) groups is 1. The van der Waals surface area contributed by atoms with Crippen LogP contribution < -0.4 is 5.43 Å². The lowest BCUT2D eigenvalue weighted by molar-refractivity contribution is 0.0693. The van der Waals surface area contributed by atoms with Gasteiger partial charge in [0, 0.05) is 30.4 Å². The summed E-state index contributed by atoms with van der Waals surface area (Å²) in [6, 6.07) is 6.48. The molecule has 1 aliphatic carbocycles. The SMILES string of the molecule is CC(C)(C)[C@@H]1CC2=C(Cc3c(F)cccc32)c2cc(=O)c(C(=O)O)cn21. The number of pyridine rings is 1. The molecule has 1 aliphatic heterocycles. The van der Waals surface area contributed by atoms with Crippen molar-refractivity contribution in [3.8, 4) is 0 Å². The fourth-order valence-corrected chi connectivity index (χ4v) is 4.17. The van der Waals surface area contributed by atoms with E-state index in [9.17, 15) is 19.1 Å². The monoisotopic (exact) mass is 353 g/mol. The smallest absolute Gasteiger partial charge is 0.341 e. The highest BCUT2D eigenvalue weighted by Crippen LogP contribution is 2.50. The van der Waals surface area contributed by atoms with E-state index in [2.05, 4.69) is 20.8 Å². The van der Waals surface area contributed by atoms with Crippen molar-refractivity contribution in [1.82, 2.24) is 4.57 Å². The first-order valence-corrected chi connectivity index (χ1v) is 8.68. The van der Waals surface area contributed by atoms with Crippen LogP contribution in [0.25, 0.3) is 11.1 Å². The highest BCUT2D eigenvalue weighted by atomic mass is 19.1. The Morgan fingerprint density at radius 3 is 2.65 bits per heavy atom. The summed E-state index contributed by atoms with van der Waals surface area (Å²) in [6.45, 7) is 6.27. The largest absolute Gasteiger partial charge is 0.477 e. The Kier molecular flexibility index (Phi) is 3.48. The minimum atomic E-state index is -1.22. The number of aromatic carboxylic acids is 1. The number of hydrogen-bond donors (Lipinski definition) is 1. The van der Waals surface area contributed by atoms with E-state index in [1.807, 2.05) is 10.6 Å². The molecule has 0 fully saturated rings. The molecule has 0 spiro atoms. The van der Waals surface area contributed by atoms with Gasteiger partial charge in [0.05, 0.1) is 0 Å². The Hall–Kier alpha value is -2.69. The molecule has 1 N–H and O–H groups in total. The van der Waals surface area contributed by atoms with E-state index in [4.69, 9.17) is 0 Å². The summed E-state index contributed by atoms with van der Waals surface area (Å²) >= 11 is 0. The van der Waals surface area contributed by atoms with Crippen LogP contribution in [0.1, 0.15) is 60.4 Å². The maximum atomic E-state index is 14.3. The number of carboxylic acids is 1. The first-order valence-electron chi connectivity index (χ1n) is 8.68. The van der Waals surface area contributed by atoms with E-state index in [1.165, 1.54) is 18.3 Å². The van der Waals surface area contributed by atoms with Crippen molar-refractivity contribution in [2.75, 3.05) is 0 Å². The van der Waals surface area contributed by atoms with Gasteiger partial charge in [-0.3, -0.25) is 4.79 Å². The molecule has 2 aromatic rings. The standard InChI is InChI=1S/C21H20FNO3/c1-21(2,3)19-8-12-11-5-4-6-16(22)13(11)7-14(12)17-9-18(24)15(20(25)26)10-23(17)19/h4-6,9-10,19H,7-8H2,1-3H3,(H,25,26)/t19-/m0/s1. The molecule has 0 saturated heterocycles. The van der Waals surface area contributed by atoms with E-state index in [0.717, 1.165) is 16.7 Å². The molecule has 1 aromatic heterocycles. The lowest BCUT2D eigenvalue weighted by atomic mass is 9.78. The van der Waals surface area contributed by atoms with Crippen molar-refractivity contribution in [3.63, 3.8) is 0 Å². The van der Waals surface area contributed by atoms with Gasteiger partial charge in [0.2, 0.25) is 0 Å². The fourth-order valence-electron chi connectivity index (χ4n) is 4.17. The lowest BCUT2D eigenvalue weighted by Gasteiger charge is -2.39. The van der Waals surface area contributed by atoms with Gasteiger partial charge in [-0.15, -0.1) is 0 Å². The van der Waals surface area contributed by atoms with E-state index in [-0.39, 0.29) is 22.8 Å². The molecule has 4 rings (SSSR count). The number of rotatable bonds is 1. The topological polar surface area (TPSA) is 59.3 Å². The zero-order chi connectivity index (χ0) is 18.8. The first kappa shape index (κ1) is 16.8. The molecule has 2 aliphatic rings. The van der Waals surface area contributed by atoms with Crippen LogP contribution in [0.15, 0.2) is 35.3 Å². The van der Waals surface area contributed by atoms with Crippen LogP contribution in [0, 0.1) is 11.2 Å². The molecule has 0 amide bonds. The Morgan fingerprint density at radius 2 is 2.00 bits per heavy atom. The molecule has 2 heterocycles. The van der Waals surface area contributed by atoms with Crippen LogP contribution in [0.5, 0.6) is 0 Å². The molecule has 1 aromatic carbocycles. The molecule has 0 radical (unpaired) electrons. The van der Waals surface area contributed by atoms with E-state index >= 15 is 0 Å². The first-order chi connectivity index (χ1) is 12.2. The van der Waals surface area contributed by atoms with Gasteiger partial charge in [-0.2, -0.15) is 0 Å². The Balaban J connectivity index is 2.00. The molecule has 5 heteroatoms. The molecule has 0 saturated carbocycles. The molecule has 0 unspecified atom stereocenters. The van der Waals surface area contributed by atoms with Gasteiger partial charge < -0.3 is 9.67 Å². The molecule has 4 nitrogen and oxygen atoms in total. The van der Waals surface area contributed by atoms with Gasteiger partial charge >= 0.3 is 5.97 Å². The number of nitrogens with zero attached hydrogens (tertiary/aromatic N) is 1. The summed E-state index contributed by atoms with van der Waals surface area (Å²) in [7, 11) is 0. The van der Waals surface area contributed by atoms with E-state index in [1.54, 1.807) is 6.07 Å². The van der Waals surface area contributed by atoms with Gasteiger partial charge in [0.25, 0.3) is 0 Å². The van der Waals surface area contributed by atoms with Crippen molar-refractivity contribution in [3.05, 3.63) is 68.9 Å². The van der Waals surface area contributed by atoms with Gasteiger partial charge in [0.15, 0.2) is 5.43 Å². The summed E-state index contributed by atoms with van der Waals surface area (Å²) in [5.74, 6) is -1.46. The number of allylic oxidation sites excluding steroid dienone is 2. The predicted molar refractivity (Wildman–Crippen MR) is 97.7 cm³/mol. The van der Waals surface area contributed by atoms with Gasteiger partial charge in [0.1, 0.15) is 11.4 Å². The van der Waals surface area contributed by atoms with Crippen molar-refractivity contribution < 1.29 is 14.3 Å². The minimum absolute atomic E-state index is 0.0239. The fraction of sp³-hybridized carbons (Fsp3) is 0.333. The molecule has 0 bridgehead atoms. The van der Waals surface area contributed by atoms with Crippen LogP contribution in [-0.4, -0.2) is 15.6 Å². The molecular weight excluding hydrogens is 333 g/mol. The van der Waals surface area contributed by atoms with Gasteiger partial charge in [-0.05, 0) is 40.2 Å². The number of aromatic nitrogens is 1. The zero-order valence-electron chi connectivity index (χ0n) is 15.0. The third-order valence-corrected chi connectivity index (χ3v) is 5.51. The van der Waals surface area contributed by atoms with E-state index in [0.29, 0.717) is 24.1 Å². The average Bonchev–Trinajstić information content (AvgIpc) is 2.93. The van der Waals surface area contributed by atoms with Crippen LogP contribution >= 0.6 is 0 Å². The van der Waals surface area contributed by atoms with Crippen LogP contribution in [0.2, 0.25) is 0 Å². The summed E-state index contributed by atoms with van der Waals surface area (Å²) in [6.07, 6.45) is 2.57. The third kappa shape index (κ3) is 2.34. The molecule has 134 valence electrons. The second kappa shape index (κ2) is 5.40. The summed E-state index contributed by atoms with van der Waals surface area (Å²) in [5.41, 5.74) is 3.38. The summed E-state index contributed by atoms with van der Waals surface area (Å²) < 4.78 is 16.2. The van der Waals surface area contributed by atoms with Crippen LogP contribution in [0.3, 0.4) is 0 Å². The zero-order valence-corrected chi connectivity index (χ0v) is 15.0. The predicted octanol–water partition coefficient (Wildman–Crippen LogP) is 4.14. The number of carboxylic acid groups (broad SMARTS) is 1. The van der Waals surface area contributed by atoms with E-state index < -0.39 is 11.4 Å². The maximum Gasteiger partial charge on any atom is 0.341 e. The number of hydrogen-bond acceptors (Lipinski definition) is 2. The van der Waals surface area contributed by atoms with Gasteiger partial charge in [-0.1, -0.05) is 32.9 Å². The van der Waals surface area contributed by atoms with Crippen molar-refractivity contribution in [2.45, 2.75) is 39.7 Å². The Morgan fingerprint density at radius 1 is 1.27 bits per heavy atom. The van der Waals surface area contributed by atoms with Crippen LogP contribution in [0.4, 0.5) is 4.39 Å². The lowest BCUT2D eigenvalue weighted by Crippen LogP contribution is -2.32. The highest BCUT2D eigenvalue weighted by Gasteiger charge is 2.38. The quantitative estimate of drug-likeness (QED) is 0.838.